The van der Waals surface area contributed by atoms with Crippen LogP contribution in [0, 0.1) is 0 Å². The standard InChI is InChI=1S/C14H29N3O2/c1-11-9-12(10-17(11)6)15-7-8-16(5)13(18)19-14(2,3)4/h11-12,15H,7-10H2,1-6H3. The van der Waals surface area contributed by atoms with Gasteiger partial charge >= 0.3 is 6.09 Å². The average molecular weight is 271 g/mol. The van der Waals surface area contributed by atoms with Gasteiger partial charge in [-0.25, -0.2) is 4.79 Å². The van der Waals surface area contributed by atoms with Crippen LogP contribution < -0.4 is 5.32 Å². The van der Waals surface area contributed by atoms with E-state index in [1.165, 1.54) is 6.42 Å². The molecule has 2 unspecified atom stereocenters. The van der Waals surface area contributed by atoms with Crippen LogP contribution in [0.1, 0.15) is 34.1 Å². The second-order valence-electron chi connectivity index (χ2n) is 6.58. The van der Waals surface area contributed by atoms with Gasteiger partial charge in [0, 0.05) is 38.8 Å². The zero-order valence-electron chi connectivity index (χ0n) is 13.2. The molecule has 2 atom stereocenters. The minimum absolute atomic E-state index is 0.258. The topological polar surface area (TPSA) is 44.8 Å². The smallest absolute Gasteiger partial charge is 0.410 e. The molecular formula is C14H29N3O2. The van der Waals surface area contributed by atoms with Gasteiger partial charge in [-0.3, -0.25) is 0 Å². The van der Waals surface area contributed by atoms with E-state index in [2.05, 4.69) is 24.2 Å². The van der Waals surface area contributed by atoms with Crippen molar-refractivity contribution in [2.45, 2.75) is 51.8 Å². The van der Waals surface area contributed by atoms with Crippen LogP contribution in [0.25, 0.3) is 0 Å². The number of carbonyl (C=O) groups is 1. The lowest BCUT2D eigenvalue weighted by Gasteiger charge is -2.25. The predicted molar refractivity (Wildman–Crippen MR) is 77.4 cm³/mol. The molecule has 1 aliphatic rings. The Hall–Kier alpha value is -0.810. The molecule has 0 radical (unpaired) electrons. The first-order valence-corrected chi connectivity index (χ1v) is 7.07. The largest absolute Gasteiger partial charge is 0.444 e. The molecule has 5 heteroatoms. The monoisotopic (exact) mass is 271 g/mol. The first-order valence-electron chi connectivity index (χ1n) is 7.07. The third-order valence-corrected chi connectivity index (χ3v) is 3.47. The van der Waals surface area contributed by atoms with E-state index in [0.29, 0.717) is 18.6 Å². The summed E-state index contributed by atoms with van der Waals surface area (Å²) in [6.07, 6.45) is 0.915. The van der Waals surface area contributed by atoms with Crippen molar-refractivity contribution < 1.29 is 9.53 Å². The molecule has 1 aliphatic heterocycles. The Balaban J connectivity index is 2.20. The Labute approximate surface area is 117 Å². The number of amides is 1. The Morgan fingerprint density at radius 3 is 2.58 bits per heavy atom. The van der Waals surface area contributed by atoms with E-state index < -0.39 is 5.60 Å². The van der Waals surface area contributed by atoms with E-state index in [4.69, 9.17) is 4.74 Å². The van der Waals surface area contributed by atoms with Crippen molar-refractivity contribution in [3.63, 3.8) is 0 Å². The fraction of sp³-hybridized carbons (Fsp3) is 0.929. The van der Waals surface area contributed by atoms with Crippen LogP contribution in [-0.2, 0) is 4.74 Å². The van der Waals surface area contributed by atoms with Crippen molar-refractivity contribution in [1.82, 2.24) is 15.1 Å². The van der Waals surface area contributed by atoms with Gasteiger partial charge in [-0.2, -0.15) is 0 Å². The van der Waals surface area contributed by atoms with Crippen LogP contribution in [0.4, 0.5) is 4.79 Å². The van der Waals surface area contributed by atoms with E-state index in [1.54, 1.807) is 11.9 Å². The highest BCUT2D eigenvalue weighted by atomic mass is 16.6. The molecule has 0 bridgehead atoms. The van der Waals surface area contributed by atoms with Crippen molar-refractivity contribution in [3.05, 3.63) is 0 Å². The van der Waals surface area contributed by atoms with Gasteiger partial charge in [0.15, 0.2) is 0 Å². The predicted octanol–water partition coefficient (Wildman–Crippen LogP) is 1.54. The Kier molecular flexibility index (Phi) is 5.62. The van der Waals surface area contributed by atoms with E-state index in [1.807, 2.05) is 20.8 Å². The molecule has 1 amide bonds. The van der Waals surface area contributed by atoms with Crippen LogP contribution in [0.3, 0.4) is 0 Å². The number of rotatable bonds is 4. The van der Waals surface area contributed by atoms with Crippen LogP contribution >= 0.6 is 0 Å². The zero-order valence-corrected chi connectivity index (χ0v) is 13.2. The van der Waals surface area contributed by atoms with Crippen molar-refractivity contribution >= 4 is 6.09 Å². The highest BCUT2D eigenvalue weighted by molar-refractivity contribution is 5.67. The number of likely N-dealkylation sites (N-methyl/N-ethyl adjacent to an activating group) is 2. The average Bonchev–Trinajstić information content (AvgIpc) is 2.55. The lowest BCUT2D eigenvalue weighted by molar-refractivity contribution is 0.0299. The van der Waals surface area contributed by atoms with Crippen LogP contribution in [0.2, 0.25) is 0 Å². The Morgan fingerprint density at radius 1 is 1.47 bits per heavy atom. The Morgan fingerprint density at radius 2 is 2.11 bits per heavy atom. The van der Waals surface area contributed by atoms with Gasteiger partial charge in [-0.05, 0) is 41.2 Å². The van der Waals surface area contributed by atoms with Crippen molar-refractivity contribution in [2.24, 2.45) is 0 Å². The summed E-state index contributed by atoms with van der Waals surface area (Å²) >= 11 is 0. The summed E-state index contributed by atoms with van der Waals surface area (Å²) in [5, 5.41) is 3.50. The van der Waals surface area contributed by atoms with E-state index in [-0.39, 0.29) is 6.09 Å². The molecule has 1 N–H and O–H groups in total. The van der Waals surface area contributed by atoms with Gasteiger partial charge < -0.3 is 19.9 Å². The summed E-state index contributed by atoms with van der Waals surface area (Å²) < 4.78 is 5.31. The van der Waals surface area contributed by atoms with Crippen molar-refractivity contribution in [2.75, 3.05) is 33.7 Å². The fourth-order valence-electron chi connectivity index (χ4n) is 2.21. The lowest BCUT2D eigenvalue weighted by atomic mass is 10.2. The summed E-state index contributed by atoms with van der Waals surface area (Å²) in [4.78, 5) is 15.7. The number of hydrogen-bond donors (Lipinski definition) is 1. The number of nitrogens with one attached hydrogen (secondary N) is 1. The summed E-state index contributed by atoms with van der Waals surface area (Å²) in [6.45, 7) is 10.4. The first-order chi connectivity index (χ1) is 8.69. The number of ether oxygens (including phenoxy) is 1. The molecular weight excluding hydrogens is 242 g/mol. The molecule has 0 aromatic carbocycles. The third kappa shape index (κ3) is 5.78. The summed E-state index contributed by atoms with van der Waals surface area (Å²) in [7, 11) is 3.93. The number of hydrogen-bond acceptors (Lipinski definition) is 4. The van der Waals surface area contributed by atoms with Gasteiger partial charge in [0.2, 0.25) is 0 Å². The lowest BCUT2D eigenvalue weighted by Crippen LogP contribution is -2.41. The minimum Gasteiger partial charge on any atom is -0.444 e. The SMILES string of the molecule is CC1CC(NCCN(C)C(=O)OC(C)(C)C)CN1C. The molecule has 19 heavy (non-hydrogen) atoms. The Bertz CT molecular complexity index is 292. The van der Waals surface area contributed by atoms with Gasteiger partial charge in [-0.15, -0.1) is 0 Å². The second-order valence-corrected chi connectivity index (χ2v) is 6.58. The maximum absolute atomic E-state index is 11.8. The first kappa shape index (κ1) is 16.2. The van der Waals surface area contributed by atoms with Gasteiger partial charge in [0.1, 0.15) is 5.60 Å². The maximum Gasteiger partial charge on any atom is 0.410 e. The van der Waals surface area contributed by atoms with Gasteiger partial charge in [0.05, 0.1) is 0 Å². The summed E-state index contributed by atoms with van der Waals surface area (Å²) in [5.41, 5.74) is -0.428. The molecule has 0 aromatic heterocycles. The van der Waals surface area contributed by atoms with Crippen LogP contribution in [0.15, 0.2) is 0 Å². The van der Waals surface area contributed by atoms with Crippen LogP contribution in [0.5, 0.6) is 0 Å². The quantitative estimate of drug-likeness (QED) is 0.842. The third-order valence-electron chi connectivity index (χ3n) is 3.47. The highest BCUT2D eigenvalue weighted by Gasteiger charge is 2.25. The molecule has 1 fully saturated rings. The normalized spacial score (nSPS) is 24.5. The molecule has 0 aliphatic carbocycles. The second kappa shape index (κ2) is 6.57. The molecule has 1 rings (SSSR count). The van der Waals surface area contributed by atoms with Gasteiger partial charge in [-0.1, -0.05) is 0 Å². The molecule has 0 saturated carbocycles. The number of likely N-dealkylation sites (tertiary alicyclic amines) is 1. The summed E-state index contributed by atoms with van der Waals surface area (Å²) in [5.74, 6) is 0. The number of nitrogens with zero attached hydrogens (tertiary/aromatic N) is 2. The van der Waals surface area contributed by atoms with E-state index in [0.717, 1.165) is 13.1 Å². The molecule has 5 nitrogen and oxygen atoms in total. The summed E-state index contributed by atoms with van der Waals surface area (Å²) in [6, 6.07) is 1.17. The molecule has 1 heterocycles. The molecule has 1 saturated heterocycles. The van der Waals surface area contributed by atoms with E-state index in [9.17, 15) is 4.79 Å². The van der Waals surface area contributed by atoms with E-state index >= 15 is 0 Å². The van der Waals surface area contributed by atoms with Crippen molar-refractivity contribution in [3.8, 4) is 0 Å². The van der Waals surface area contributed by atoms with Crippen LogP contribution in [-0.4, -0.2) is 67.3 Å². The molecule has 112 valence electrons. The maximum atomic E-state index is 11.8. The van der Waals surface area contributed by atoms with Crippen molar-refractivity contribution in [1.29, 1.82) is 0 Å². The number of carbonyl (C=O) groups excluding carboxylic acids is 1. The molecule has 0 aromatic rings. The highest BCUT2D eigenvalue weighted by Crippen LogP contribution is 2.14. The minimum atomic E-state index is -0.428. The van der Waals surface area contributed by atoms with Gasteiger partial charge in [0.25, 0.3) is 0 Å². The molecule has 0 spiro atoms. The zero-order chi connectivity index (χ0) is 14.6. The fourth-order valence-corrected chi connectivity index (χ4v) is 2.21.